The fraction of sp³-hybridized carbons (Fsp3) is 0.0769. The number of aromatic carboxylic acids is 1. The first-order valence-electron chi connectivity index (χ1n) is 5.09. The maximum absolute atomic E-state index is 11.0. The van der Waals surface area contributed by atoms with Crippen molar-refractivity contribution in [1.29, 1.82) is 0 Å². The average Bonchev–Trinajstić information content (AvgIpc) is 2.32. The van der Waals surface area contributed by atoms with Gasteiger partial charge >= 0.3 is 5.97 Å². The van der Waals surface area contributed by atoms with Crippen LogP contribution in [-0.2, 0) is 0 Å². The minimum absolute atomic E-state index is 0. The monoisotopic (exact) mass is 281 g/mol. The molecule has 0 aliphatic rings. The highest BCUT2D eigenvalue weighted by molar-refractivity contribution is 7.99. The van der Waals surface area contributed by atoms with Gasteiger partial charge in [0.15, 0.2) is 0 Å². The van der Waals surface area contributed by atoms with Crippen LogP contribution in [0.5, 0.6) is 0 Å². The number of rotatable bonds is 3. The largest absolute Gasteiger partial charge is 0.478 e. The molecule has 0 radical (unpaired) electrons. The summed E-state index contributed by atoms with van der Waals surface area (Å²) in [5.41, 5.74) is 1.41. The van der Waals surface area contributed by atoms with Gasteiger partial charge in [-0.2, -0.15) is 0 Å². The summed E-state index contributed by atoms with van der Waals surface area (Å²) in [5.74, 6) is -0.951. The molecule has 0 saturated heterocycles. The Kier molecular flexibility index (Phi) is 5.19. The maximum Gasteiger partial charge on any atom is 0.338 e. The molecule has 0 aliphatic heterocycles. The van der Waals surface area contributed by atoms with Crippen molar-refractivity contribution >= 4 is 30.1 Å². The fourth-order valence-electron chi connectivity index (χ4n) is 1.35. The number of hydrogen-bond donors (Lipinski definition) is 1. The molecular weight excluding hydrogens is 270 g/mol. The first-order valence-corrected chi connectivity index (χ1v) is 5.91. The van der Waals surface area contributed by atoms with E-state index in [0.29, 0.717) is 5.03 Å². The summed E-state index contributed by atoms with van der Waals surface area (Å²) >= 11 is 1.36. The van der Waals surface area contributed by atoms with E-state index in [2.05, 4.69) is 4.98 Å². The van der Waals surface area contributed by atoms with Crippen LogP contribution in [0, 0.1) is 6.92 Å². The van der Waals surface area contributed by atoms with Crippen LogP contribution in [0.3, 0.4) is 0 Å². The quantitative estimate of drug-likeness (QED) is 0.933. The Hall–Kier alpha value is -1.52. The maximum atomic E-state index is 11.0. The first-order chi connectivity index (χ1) is 8.16. The van der Waals surface area contributed by atoms with Crippen molar-refractivity contribution in [3.8, 4) is 0 Å². The molecule has 0 fully saturated rings. The highest BCUT2D eigenvalue weighted by Crippen LogP contribution is 2.28. The lowest BCUT2D eigenvalue weighted by Gasteiger charge is -2.04. The smallest absolute Gasteiger partial charge is 0.338 e. The van der Waals surface area contributed by atoms with Crippen LogP contribution in [0.2, 0.25) is 0 Å². The second-order valence-corrected chi connectivity index (χ2v) is 4.64. The molecule has 2 aromatic rings. The van der Waals surface area contributed by atoms with Crippen LogP contribution in [-0.4, -0.2) is 16.1 Å². The second-order valence-electron chi connectivity index (χ2n) is 3.58. The van der Waals surface area contributed by atoms with Crippen LogP contribution >= 0.6 is 24.2 Å². The van der Waals surface area contributed by atoms with E-state index in [1.807, 2.05) is 31.2 Å². The highest BCUT2D eigenvalue weighted by atomic mass is 35.5. The van der Waals surface area contributed by atoms with E-state index in [-0.39, 0.29) is 18.0 Å². The number of carbonyl (C=O) groups is 1. The minimum Gasteiger partial charge on any atom is -0.478 e. The molecule has 0 spiro atoms. The van der Waals surface area contributed by atoms with Gasteiger partial charge < -0.3 is 5.11 Å². The molecule has 0 amide bonds. The highest BCUT2D eigenvalue weighted by Gasteiger charge is 2.11. The van der Waals surface area contributed by atoms with Crippen LogP contribution in [0.4, 0.5) is 0 Å². The fourth-order valence-corrected chi connectivity index (χ4v) is 2.23. The van der Waals surface area contributed by atoms with Gasteiger partial charge in [0.05, 0.1) is 5.56 Å². The molecule has 0 aliphatic carbocycles. The zero-order valence-corrected chi connectivity index (χ0v) is 11.3. The molecule has 0 saturated carbocycles. The van der Waals surface area contributed by atoms with Gasteiger partial charge in [0.25, 0.3) is 0 Å². The molecule has 18 heavy (non-hydrogen) atoms. The summed E-state index contributed by atoms with van der Waals surface area (Å²) in [6, 6.07) is 11.1. The number of carboxylic acids is 1. The summed E-state index contributed by atoms with van der Waals surface area (Å²) in [4.78, 5) is 16.1. The number of benzene rings is 1. The van der Waals surface area contributed by atoms with Gasteiger partial charge in [-0.3, -0.25) is 0 Å². The Morgan fingerprint density at radius 2 is 1.89 bits per heavy atom. The molecule has 0 bridgehead atoms. The third kappa shape index (κ3) is 3.48. The molecule has 1 aromatic heterocycles. The predicted octanol–water partition coefficient (Wildman–Crippen LogP) is 3.66. The van der Waals surface area contributed by atoms with E-state index >= 15 is 0 Å². The number of pyridine rings is 1. The van der Waals surface area contributed by atoms with Gasteiger partial charge in [-0.25, -0.2) is 9.78 Å². The number of aromatic nitrogens is 1. The van der Waals surface area contributed by atoms with E-state index in [0.717, 1.165) is 4.90 Å². The number of carboxylic acid groups (broad SMARTS) is 1. The normalized spacial score (nSPS) is 9.61. The summed E-state index contributed by atoms with van der Waals surface area (Å²) in [6.45, 7) is 2.01. The second kappa shape index (κ2) is 6.42. The van der Waals surface area contributed by atoms with Gasteiger partial charge in [-0.15, -0.1) is 12.4 Å². The molecule has 2 rings (SSSR count). The molecule has 1 N–H and O–H groups in total. The van der Waals surface area contributed by atoms with Crippen LogP contribution in [0.1, 0.15) is 15.9 Å². The van der Waals surface area contributed by atoms with Crippen molar-refractivity contribution < 1.29 is 9.90 Å². The number of aryl methyl sites for hydroxylation is 1. The van der Waals surface area contributed by atoms with E-state index in [9.17, 15) is 4.79 Å². The third-order valence-electron chi connectivity index (χ3n) is 2.24. The lowest BCUT2D eigenvalue weighted by Crippen LogP contribution is -1.99. The van der Waals surface area contributed by atoms with Gasteiger partial charge in [-0.05, 0) is 31.2 Å². The van der Waals surface area contributed by atoms with Gasteiger partial charge in [0.2, 0.25) is 0 Å². The Morgan fingerprint density at radius 3 is 2.50 bits per heavy atom. The molecule has 1 heterocycles. The first kappa shape index (κ1) is 14.5. The number of hydrogen-bond acceptors (Lipinski definition) is 3. The molecule has 3 nitrogen and oxygen atoms in total. The van der Waals surface area contributed by atoms with Crippen molar-refractivity contribution in [1.82, 2.24) is 4.98 Å². The van der Waals surface area contributed by atoms with E-state index in [4.69, 9.17) is 5.11 Å². The minimum atomic E-state index is -0.951. The molecule has 5 heteroatoms. The summed E-state index contributed by atoms with van der Waals surface area (Å²) in [5, 5.41) is 9.55. The summed E-state index contributed by atoms with van der Waals surface area (Å²) in [7, 11) is 0. The van der Waals surface area contributed by atoms with E-state index in [1.54, 1.807) is 18.3 Å². The predicted molar refractivity (Wildman–Crippen MR) is 73.7 cm³/mol. The molecule has 0 unspecified atom stereocenters. The van der Waals surface area contributed by atoms with Crippen molar-refractivity contribution in [2.24, 2.45) is 0 Å². The van der Waals surface area contributed by atoms with Crippen molar-refractivity contribution in [2.45, 2.75) is 16.8 Å². The van der Waals surface area contributed by atoms with Crippen LogP contribution in [0.25, 0.3) is 0 Å². The van der Waals surface area contributed by atoms with E-state index in [1.165, 1.54) is 17.3 Å². The molecule has 94 valence electrons. The Bertz CT molecular complexity index is 543. The standard InChI is InChI=1S/C13H11NO2S.ClH/c1-9-4-6-10(7-5-9)17-12-11(13(15)16)3-2-8-14-12;/h2-8H,1H3,(H,15,16);1H. The molecular formula is C13H12ClNO2S. The average molecular weight is 282 g/mol. The number of nitrogens with zero attached hydrogens (tertiary/aromatic N) is 1. The van der Waals surface area contributed by atoms with Gasteiger partial charge in [0, 0.05) is 11.1 Å². The Labute approximate surface area is 116 Å². The van der Waals surface area contributed by atoms with E-state index < -0.39 is 5.97 Å². The summed E-state index contributed by atoms with van der Waals surface area (Å²) < 4.78 is 0. The van der Waals surface area contributed by atoms with Crippen molar-refractivity contribution in [3.63, 3.8) is 0 Å². The SMILES string of the molecule is Cc1ccc(Sc2ncccc2C(=O)O)cc1.Cl. The lowest BCUT2D eigenvalue weighted by molar-refractivity contribution is 0.0692. The zero-order valence-electron chi connectivity index (χ0n) is 9.66. The van der Waals surface area contributed by atoms with Crippen LogP contribution < -0.4 is 0 Å². The van der Waals surface area contributed by atoms with Crippen molar-refractivity contribution in [2.75, 3.05) is 0 Å². The lowest BCUT2D eigenvalue weighted by atomic mass is 10.2. The van der Waals surface area contributed by atoms with Gasteiger partial charge in [-0.1, -0.05) is 29.5 Å². The zero-order chi connectivity index (χ0) is 12.3. The van der Waals surface area contributed by atoms with Crippen LogP contribution in [0.15, 0.2) is 52.5 Å². The topological polar surface area (TPSA) is 50.2 Å². The number of halogens is 1. The van der Waals surface area contributed by atoms with Gasteiger partial charge in [0.1, 0.15) is 5.03 Å². The molecule has 0 atom stereocenters. The summed E-state index contributed by atoms with van der Waals surface area (Å²) in [6.07, 6.45) is 1.60. The molecule has 1 aromatic carbocycles. The third-order valence-corrected chi connectivity index (χ3v) is 3.26. The van der Waals surface area contributed by atoms with Crippen molar-refractivity contribution in [3.05, 3.63) is 53.7 Å². The Morgan fingerprint density at radius 1 is 1.22 bits per heavy atom. The Balaban J connectivity index is 0.00000162.